The molecule has 0 spiro atoms. The SMILES string of the molecule is CC(C)c1nc(-c2ccc(F)c(NS(=O)(=O)c3cc(F)ccc3F)c2)c(-c2ccnc(CC3CC(C)(C)NC(C)(C)C3)n2)s1. The molecule has 2 aromatic heterocycles. The van der Waals surface area contributed by atoms with Crippen molar-refractivity contribution < 1.29 is 21.6 Å². The summed E-state index contributed by atoms with van der Waals surface area (Å²) in [6, 6.07) is 7.77. The van der Waals surface area contributed by atoms with Crippen molar-refractivity contribution in [2.75, 3.05) is 4.72 Å². The molecule has 0 radical (unpaired) electrons. The minimum Gasteiger partial charge on any atom is -0.307 e. The van der Waals surface area contributed by atoms with Gasteiger partial charge in [-0.1, -0.05) is 13.8 Å². The first-order valence-corrected chi connectivity index (χ1v) is 16.7. The summed E-state index contributed by atoms with van der Waals surface area (Å²) < 4.78 is 70.8. The normalized spacial score (nSPS) is 16.8. The number of sulfonamides is 1. The smallest absolute Gasteiger partial charge is 0.265 e. The van der Waals surface area contributed by atoms with Crippen molar-refractivity contribution in [1.29, 1.82) is 0 Å². The summed E-state index contributed by atoms with van der Waals surface area (Å²) >= 11 is 1.46. The van der Waals surface area contributed by atoms with Crippen LogP contribution >= 0.6 is 11.3 Å². The van der Waals surface area contributed by atoms with Crippen molar-refractivity contribution in [1.82, 2.24) is 20.3 Å². The first kappa shape index (κ1) is 32.1. The fourth-order valence-electron chi connectivity index (χ4n) is 6.15. The maximum Gasteiger partial charge on any atom is 0.265 e. The molecular weight excluding hydrogens is 608 g/mol. The highest BCUT2D eigenvalue weighted by Crippen LogP contribution is 2.40. The number of thiazole rings is 1. The van der Waals surface area contributed by atoms with Crippen LogP contribution in [-0.2, 0) is 16.4 Å². The number of rotatable bonds is 8. The maximum absolute atomic E-state index is 14.9. The topological polar surface area (TPSA) is 96.9 Å². The standard InChI is InChI=1S/C32H36F3N5O2S2/c1-18(2)30-38-28(20-7-9-22(34)25(14-20)39-44(41,42)26-15-21(33)8-10-23(26)35)29(43-30)24-11-12-36-27(37-24)13-19-16-31(3,4)40-32(5,6)17-19/h7-12,14-15,18-19,39-40H,13,16-17H2,1-6H3. The summed E-state index contributed by atoms with van der Waals surface area (Å²) in [5.74, 6) is -1.79. The Balaban J connectivity index is 1.50. The molecule has 4 aromatic rings. The molecule has 12 heteroatoms. The number of anilines is 1. The highest BCUT2D eigenvalue weighted by atomic mass is 32.2. The molecule has 1 fully saturated rings. The molecule has 1 aliphatic rings. The molecule has 2 N–H and O–H groups in total. The number of hydrogen-bond acceptors (Lipinski definition) is 7. The maximum atomic E-state index is 14.9. The van der Waals surface area contributed by atoms with Gasteiger partial charge in [0.25, 0.3) is 10.0 Å². The summed E-state index contributed by atoms with van der Waals surface area (Å²) in [5, 5.41) is 4.53. The molecule has 1 saturated heterocycles. The molecule has 1 aliphatic heterocycles. The molecule has 44 heavy (non-hydrogen) atoms. The van der Waals surface area contributed by atoms with Gasteiger partial charge in [-0.25, -0.2) is 36.5 Å². The number of nitrogens with zero attached hydrogens (tertiary/aromatic N) is 3. The van der Waals surface area contributed by atoms with Crippen LogP contribution in [0.2, 0.25) is 0 Å². The lowest BCUT2D eigenvalue weighted by molar-refractivity contribution is 0.127. The fourth-order valence-corrected chi connectivity index (χ4v) is 8.36. The van der Waals surface area contributed by atoms with Gasteiger partial charge in [0.2, 0.25) is 0 Å². The number of hydrogen-bond donors (Lipinski definition) is 2. The highest BCUT2D eigenvalue weighted by Gasteiger charge is 2.38. The Kier molecular flexibility index (Phi) is 8.65. The van der Waals surface area contributed by atoms with Crippen LogP contribution < -0.4 is 10.0 Å². The lowest BCUT2D eigenvalue weighted by Crippen LogP contribution is -2.58. The van der Waals surface area contributed by atoms with Crippen molar-refractivity contribution in [2.45, 2.75) is 82.7 Å². The summed E-state index contributed by atoms with van der Waals surface area (Å²) in [6.45, 7) is 12.9. The quantitative estimate of drug-likeness (QED) is 0.204. The van der Waals surface area contributed by atoms with Gasteiger partial charge in [0.1, 0.15) is 28.2 Å². The van der Waals surface area contributed by atoms with Gasteiger partial charge in [-0.15, -0.1) is 11.3 Å². The lowest BCUT2D eigenvalue weighted by atomic mass is 9.74. The van der Waals surface area contributed by atoms with Gasteiger partial charge in [-0.2, -0.15) is 0 Å². The zero-order chi connectivity index (χ0) is 32.0. The number of halogens is 3. The first-order valence-electron chi connectivity index (χ1n) is 14.4. The number of nitrogens with one attached hydrogen (secondary N) is 2. The Bertz CT molecular complexity index is 1790. The average Bonchev–Trinajstić information content (AvgIpc) is 3.36. The first-order chi connectivity index (χ1) is 20.5. The number of benzene rings is 2. The third kappa shape index (κ3) is 7.13. The molecule has 5 rings (SSSR count). The Hall–Kier alpha value is -3.35. The Labute approximate surface area is 260 Å². The van der Waals surface area contributed by atoms with Crippen molar-refractivity contribution in [3.8, 4) is 21.8 Å². The fraction of sp³-hybridized carbons (Fsp3) is 0.406. The molecule has 7 nitrogen and oxygen atoms in total. The largest absolute Gasteiger partial charge is 0.307 e. The Morgan fingerprint density at radius 2 is 1.66 bits per heavy atom. The van der Waals surface area contributed by atoms with Gasteiger partial charge in [-0.3, -0.25) is 4.72 Å². The van der Waals surface area contributed by atoms with E-state index in [0.29, 0.717) is 41.4 Å². The van der Waals surface area contributed by atoms with Gasteiger partial charge < -0.3 is 5.32 Å². The monoisotopic (exact) mass is 643 g/mol. The van der Waals surface area contributed by atoms with Crippen molar-refractivity contribution in [3.63, 3.8) is 0 Å². The van der Waals surface area contributed by atoms with Gasteiger partial charge in [0, 0.05) is 35.2 Å². The number of piperidine rings is 1. The summed E-state index contributed by atoms with van der Waals surface area (Å²) in [5.41, 5.74) is 1.16. The lowest BCUT2D eigenvalue weighted by Gasteiger charge is -2.46. The molecule has 2 aromatic carbocycles. The Morgan fingerprint density at radius 1 is 0.977 bits per heavy atom. The molecule has 0 bridgehead atoms. The second-order valence-corrected chi connectivity index (χ2v) is 15.7. The van der Waals surface area contributed by atoms with Crippen molar-refractivity contribution in [2.24, 2.45) is 5.92 Å². The predicted octanol–water partition coefficient (Wildman–Crippen LogP) is 7.71. The van der Waals surface area contributed by atoms with E-state index in [9.17, 15) is 21.6 Å². The predicted molar refractivity (Wildman–Crippen MR) is 168 cm³/mol. The van der Waals surface area contributed by atoms with Gasteiger partial charge >= 0.3 is 0 Å². The van der Waals surface area contributed by atoms with Crippen LogP contribution in [0.1, 0.15) is 71.1 Å². The van der Waals surface area contributed by atoms with Crippen LogP contribution in [0.25, 0.3) is 21.8 Å². The Morgan fingerprint density at radius 3 is 2.34 bits per heavy atom. The van der Waals surface area contributed by atoms with E-state index in [1.54, 1.807) is 12.3 Å². The molecule has 0 amide bonds. The molecule has 3 heterocycles. The second kappa shape index (κ2) is 11.9. The third-order valence-electron chi connectivity index (χ3n) is 7.49. The summed E-state index contributed by atoms with van der Waals surface area (Å²) in [6.07, 6.45) is 4.42. The highest BCUT2D eigenvalue weighted by molar-refractivity contribution is 7.92. The molecule has 0 aliphatic carbocycles. The van der Waals surface area contributed by atoms with Gasteiger partial charge in [0.15, 0.2) is 0 Å². The van der Waals surface area contributed by atoms with E-state index in [2.05, 4.69) is 42.7 Å². The summed E-state index contributed by atoms with van der Waals surface area (Å²) in [7, 11) is -4.64. The van der Waals surface area contributed by atoms with Crippen LogP contribution in [0.5, 0.6) is 0 Å². The minimum atomic E-state index is -4.64. The summed E-state index contributed by atoms with van der Waals surface area (Å²) in [4.78, 5) is 14.1. The van der Waals surface area contributed by atoms with E-state index in [-0.39, 0.29) is 17.0 Å². The van der Waals surface area contributed by atoms with E-state index in [4.69, 9.17) is 9.97 Å². The second-order valence-electron chi connectivity index (χ2n) is 13.0. The minimum absolute atomic E-state index is 0.0106. The van der Waals surface area contributed by atoms with Crippen LogP contribution in [0.4, 0.5) is 18.9 Å². The molecule has 0 atom stereocenters. The molecular formula is C32H36F3N5O2S2. The number of aromatic nitrogens is 3. The van der Waals surface area contributed by atoms with E-state index in [1.807, 2.05) is 13.8 Å². The zero-order valence-corrected chi connectivity index (χ0v) is 27.1. The molecule has 0 unspecified atom stereocenters. The van der Waals surface area contributed by atoms with Crippen molar-refractivity contribution >= 4 is 27.0 Å². The third-order valence-corrected chi connectivity index (χ3v) is 10.2. The van der Waals surface area contributed by atoms with Crippen molar-refractivity contribution in [3.05, 3.63) is 76.9 Å². The van der Waals surface area contributed by atoms with Crippen LogP contribution in [-0.4, -0.2) is 34.4 Å². The van der Waals surface area contributed by atoms with Crippen LogP contribution in [0.3, 0.4) is 0 Å². The van der Waals surface area contributed by atoms with E-state index in [0.717, 1.165) is 40.7 Å². The van der Waals surface area contributed by atoms with E-state index < -0.39 is 38.1 Å². The van der Waals surface area contributed by atoms with Gasteiger partial charge in [-0.05, 0) is 88.9 Å². The molecule has 234 valence electrons. The van der Waals surface area contributed by atoms with Crippen LogP contribution in [0.15, 0.2) is 53.6 Å². The van der Waals surface area contributed by atoms with Gasteiger partial charge in [0.05, 0.1) is 27.0 Å². The zero-order valence-electron chi connectivity index (χ0n) is 25.5. The average molecular weight is 644 g/mol. The molecule has 0 saturated carbocycles. The van der Waals surface area contributed by atoms with Crippen LogP contribution in [0, 0.1) is 23.4 Å². The van der Waals surface area contributed by atoms with E-state index in [1.165, 1.54) is 23.5 Å². The van der Waals surface area contributed by atoms with E-state index >= 15 is 0 Å².